The summed E-state index contributed by atoms with van der Waals surface area (Å²) >= 11 is 0. The van der Waals surface area contributed by atoms with Gasteiger partial charge in [-0.3, -0.25) is 9.59 Å². The van der Waals surface area contributed by atoms with Crippen LogP contribution >= 0.6 is 0 Å². The Bertz CT molecular complexity index is 892. The highest BCUT2D eigenvalue weighted by molar-refractivity contribution is 6.03. The minimum atomic E-state index is -0.571. The number of benzene rings is 2. The van der Waals surface area contributed by atoms with Gasteiger partial charge in [-0.25, -0.2) is 0 Å². The quantitative estimate of drug-likeness (QED) is 0.662. The van der Waals surface area contributed by atoms with Crippen LogP contribution in [0.15, 0.2) is 66.7 Å². The van der Waals surface area contributed by atoms with Gasteiger partial charge >= 0.3 is 0 Å². The fourth-order valence-electron chi connectivity index (χ4n) is 3.62. The van der Waals surface area contributed by atoms with Crippen molar-refractivity contribution >= 4 is 17.5 Å². The van der Waals surface area contributed by atoms with E-state index in [0.29, 0.717) is 13.0 Å². The van der Waals surface area contributed by atoms with E-state index in [1.54, 1.807) is 17.1 Å². The van der Waals surface area contributed by atoms with Gasteiger partial charge < -0.3 is 16.0 Å². The first-order valence-corrected chi connectivity index (χ1v) is 10.6. The van der Waals surface area contributed by atoms with E-state index in [2.05, 4.69) is 23.5 Å². The third-order valence-electron chi connectivity index (χ3n) is 5.56. The van der Waals surface area contributed by atoms with Crippen LogP contribution in [0.1, 0.15) is 31.4 Å². The van der Waals surface area contributed by atoms with E-state index in [1.165, 1.54) is 11.1 Å². The summed E-state index contributed by atoms with van der Waals surface area (Å²) in [5.74, 6) is -0.203. The fraction of sp³-hybridized carbons (Fsp3) is 0.360. The molecule has 1 heterocycles. The second kappa shape index (κ2) is 10.2. The molecule has 2 aromatic carbocycles. The van der Waals surface area contributed by atoms with Crippen LogP contribution in [0.3, 0.4) is 0 Å². The smallest absolute Gasteiger partial charge is 0.250 e. The molecule has 0 fully saturated rings. The highest BCUT2D eigenvalue weighted by Gasteiger charge is 2.23. The molecule has 3 N–H and O–H groups in total. The Kier molecular flexibility index (Phi) is 7.41. The lowest BCUT2D eigenvalue weighted by Gasteiger charge is -2.21. The van der Waals surface area contributed by atoms with Crippen LogP contribution in [0.25, 0.3) is 0 Å². The van der Waals surface area contributed by atoms with Gasteiger partial charge in [0.25, 0.3) is 5.91 Å². The van der Waals surface area contributed by atoms with Gasteiger partial charge in [0.1, 0.15) is 0 Å². The van der Waals surface area contributed by atoms with Crippen LogP contribution in [0.4, 0.5) is 5.69 Å². The summed E-state index contributed by atoms with van der Waals surface area (Å²) in [6, 6.07) is 17.3. The maximum absolute atomic E-state index is 12.8. The molecule has 1 aliphatic rings. The van der Waals surface area contributed by atoms with Crippen molar-refractivity contribution in [1.29, 1.82) is 0 Å². The second-order valence-corrected chi connectivity index (χ2v) is 8.14. The molecule has 0 radical (unpaired) electrons. The number of amides is 2. The van der Waals surface area contributed by atoms with E-state index in [4.69, 9.17) is 5.73 Å². The van der Waals surface area contributed by atoms with Crippen molar-refractivity contribution in [3.8, 4) is 0 Å². The van der Waals surface area contributed by atoms with Gasteiger partial charge in [-0.1, -0.05) is 68.5 Å². The van der Waals surface area contributed by atoms with Crippen molar-refractivity contribution in [3.63, 3.8) is 0 Å². The van der Waals surface area contributed by atoms with Crippen molar-refractivity contribution in [2.24, 2.45) is 11.7 Å². The molecule has 0 aromatic heterocycles. The zero-order chi connectivity index (χ0) is 21.5. The number of carbonyl (C=O) groups excluding carboxylic acids is 2. The summed E-state index contributed by atoms with van der Waals surface area (Å²) < 4.78 is 0. The summed E-state index contributed by atoms with van der Waals surface area (Å²) in [4.78, 5) is 27.1. The molecular formula is C25H31N3O2. The van der Waals surface area contributed by atoms with Gasteiger partial charge in [0, 0.05) is 24.4 Å². The first-order valence-electron chi connectivity index (χ1n) is 10.6. The molecule has 0 aliphatic carbocycles. The predicted octanol–water partition coefficient (Wildman–Crippen LogP) is 3.23. The Morgan fingerprint density at radius 1 is 1.10 bits per heavy atom. The number of fused-ring (bicyclic) bond motifs is 1. The summed E-state index contributed by atoms with van der Waals surface area (Å²) in [5, 5.41) is 3.01. The molecule has 2 amide bonds. The van der Waals surface area contributed by atoms with Gasteiger partial charge in [0.05, 0.1) is 6.04 Å². The molecule has 158 valence electrons. The van der Waals surface area contributed by atoms with E-state index >= 15 is 0 Å². The van der Waals surface area contributed by atoms with Crippen LogP contribution in [0, 0.1) is 5.92 Å². The lowest BCUT2D eigenvalue weighted by Crippen LogP contribution is -2.47. The van der Waals surface area contributed by atoms with Gasteiger partial charge in [0.15, 0.2) is 0 Å². The monoisotopic (exact) mass is 405 g/mol. The van der Waals surface area contributed by atoms with Crippen LogP contribution in [-0.2, 0) is 22.4 Å². The van der Waals surface area contributed by atoms with Crippen molar-refractivity contribution in [2.45, 2.75) is 45.2 Å². The normalized spacial score (nSPS) is 15.3. The maximum Gasteiger partial charge on any atom is 0.250 e. The molecule has 0 spiro atoms. The van der Waals surface area contributed by atoms with Crippen LogP contribution in [0.2, 0.25) is 0 Å². The summed E-state index contributed by atoms with van der Waals surface area (Å²) in [7, 11) is 0. The van der Waals surface area contributed by atoms with Crippen LogP contribution < -0.4 is 16.0 Å². The number of aryl methyl sites for hydroxylation is 1. The highest BCUT2D eigenvalue weighted by Crippen LogP contribution is 2.27. The lowest BCUT2D eigenvalue weighted by molar-refractivity contribution is -0.123. The molecule has 5 nitrogen and oxygen atoms in total. The standard InChI is InChI=1S/C25H31N3O2/c1-18(2)24(26)25(30)27-21(13-12-19-8-4-3-5-9-19)14-15-23(29)28-17-16-20-10-6-7-11-22(20)28/h3-11,14-15,18,21,24H,12-13,16-17,26H2,1-2H3,(H,27,30)/b15-14+/t21-,24-/m0/s1. The Morgan fingerprint density at radius 2 is 1.80 bits per heavy atom. The minimum absolute atomic E-state index is 0.0477. The minimum Gasteiger partial charge on any atom is -0.349 e. The topological polar surface area (TPSA) is 75.4 Å². The average molecular weight is 406 g/mol. The van der Waals surface area contributed by atoms with Gasteiger partial charge in [0.2, 0.25) is 5.91 Å². The van der Waals surface area contributed by atoms with Crippen molar-refractivity contribution in [2.75, 3.05) is 11.4 Å². The van der Waals surface area contributed by atoms with Crippen molar-refractivity contribution < 1.29 is 9.59 Å². The van der Waals surface area contributed by atoms with Crippen molar-refractivity contribution in [3.05, 3.63) is 77.9 Å². The molecule has 5 heteroatoms. The third-order valence-corrected chi connectivity index (χ3v) is 5.56. The number of carbonyl (C=O) groups is 2. The Hall–Kier alpha value is -2.92. The molecule has 0 unspecified atom stereocenters. The van der Waals surface area contributed by atoms with Gasteiger partial charge in [-0.15, -0.1) is 0 Å². The zero-order valence-corrected chi connectivity index (χ0v) is 17.8. The molecule has 2 aromatic rings. The van der Waals surface area contributed by atoms with Crippen LogP contribution in [-0.4, -0.2) is 30.4 Å². The average Bonchev–Trinajstić information content (AvgIpc) is 3.19. The SMILES string of the molecule is CC(C)[C@H](N)C(=O)N[C@H](/C=C/C(=O)N1CCc2ccccc21)CCc1ccccc1. The van der Waals surface area contributed by atoms with Crippen molar-refractivity contribution in [1.82, 2.24) is 5.32 Å². The lowest BCUT2D eigenvalue weighted by atomic mass is 10.0. The molecular weight excluding hydrogens is 374 g/mol. The summed E-state index contributed by atoms with van der Waals surface area (Å²) in [6.07, 6.45) is 5.75. The number of nitrogens with one attached hydrogen (secondary N) is 1. The molecule has 0 saturated heterocycles. The Morgan fingerprint density at radius 3 is 2.53 bits per heavy atom. The number of nitrogens with zero attached hydrogens (tertiary/aromatic N) is 1. The molecule has 0 saturated carbocycles. The van der Waals surface area contributed by atoms with E-state index in [0.717, 1.165) is 18.5 Å². The number of rotatable bonds is 8. The Labute approximate surface area is 179 Å². The van der Waals surface area contributed by atoms with E-state index in [9.17, 15) is 9.59 Å². The first kappa shape index (κ1) is 21.8. The molecule has 30 heavy (non-hydrogen) atoms. The Balaban J connectivity index is 1.69. The van der Waals surface area contributed by atoms with Crippen LogP contribution in [0.5, 0.6) is 0 Å². The number of hydrogen-bond acceptors (Lipinski definition) is 3. The number of para-hydroxylation sites is 1. The van der Waals surface area contributed by atoms with Gasteiger partial charge in [-0.05, 0) is 42.4 Å². The summed E-state index contributed by atoms with van der Waals surface area (Å²) in [5.41, 5.74) is 9.37. The fourth-order valence-corrected chi connectivity index (χ4v) is 3.62. The summed E-state index contributed by atoms with van der Waals surface area (Å²) in [6.45, 7) is 4.53. The number of nitrogens with two attached hydrogens (primary N) is 1. The first-order chi connectivity index (χ1) is 14.5. The molecule has 1 aliphatic heterocycles. The zero-order valence-electron chi connectivity index (χ0n) is 17.8. The maximum atomic E-state index is 12.8. The number of hydrogen-bond donors (Lipinski definition) is 2. The largest absolute Gasteiger partial charge is 0.349 e. The number of anilines is 1. The molecule has 2 atom stereocenters. The van der Waals surface area contributed by atoms with E-state index in [-0.39, 0.29) is 23.8 Å². The predicted molar refractivity (Wildman–Crippen MR) is 121 cm³/mol. The highest BCUT2D eigenvalue weighted by atomic mass is 16.2. The van der Waals surface area contributed by atoms with E-state index in [1.807, 2.05) is 50.2 Å². The third kappa shape index (κ3) is 5.57. The second-order valence-electron chi connectivity index (χ2n) is 8.14. The molecule has 3 rings (SSSR count). The molecule has 0 bridgehead atoms. The van der Waals surface area contributed by atoms with E-state index < -0.39 is 6.04 Å². The van der Waals surface area contributed by atoms with Gasteiger partial charge in [-0.2, -0.15) is 0 Å².